The van der Waals surface area contributed by atoms with Gasteiger partial charge in [0.1, 0.15) is 12.4 Å². The minimum Gasteiger partial charge on any atom is -0.489 e. The summed E-state index contributed by atoms with van der Waals surface area (Å²) in [5.41, 5.74) is 1.66. The molecule has 0 saturated carbocycles. The summed E-state index contributed by atoms with van der Waals surface area (Å²) in [5.74, 6) is 0.541. The minimum atomic E-state index is -0.507. The second-order valence-corrected chi connectivity index (χ2v) is 6.29. The third-order valence-electron chi connectivity index (χ3n) is 4.36. The number of ether oxygens (including phenoxy) is 1. The Kier molecular flexibility index (Phi) is 6.04. The molecule has 0 unspecified atom stereocenters. The maximum atomic E-state index is 12.4. The van der Waals surface area contributed by atoms with Gasteiger partial charge in [0, 0.05) is 12.1 Å². The number of carbonyl (C=O) groups excluding carboxylic acids is 1. The highest BCUT2D eigenvalue weighted by atomic mass is 16.5. The molecule has 1 amide bonds. The van der Waals surface area contributed by atoms with Crippen LogP contribution in [0, 0.1) is 0 Å². The van der Waals surface area contributed by atoms with Crippen LogP contribution >= 0.6 is 0 Å². The molecule has 1 aliphatic heterocycles. The summed E-state index contributed by atoms with van der Waals surface area (Å²) in [6.45, 7) is 1.95. The van der Waals surface area contributed by atoms with Crippen molar-refractivity contribution >= 4 is 5.91 Å². The number of hydrogen-bond acceptors (Lipinski definition) is 4. The molecule has 5 heteroatoms. The third kappa shape index (κ3) is 5.05. The van der Waals surface area contributed by atoms with E-state index in [0.717, 1.165) is 24.3 Å². The van der Waals surface area contributed by atoms with Crippen molar-refractivity contribution < 1.29 is 14.6 Å². The molecule has 3 rings (SSSR count). The van der Waals surface area contributed by atoms with Crippen molar-refractivity contribution in [3.8, 4) is 5.75 Å². The number of carbonyl (C=O) groups is 1. The summed E-state index contributed by atoms with van der Waals surface area (Å²) in [4.78, 5) is 12.4. The van der Waals surface area contributed by atoms with Crippen molar-refractivity contribution in [1.29, 1.82) is 0 Å². The highest BCUT2D eigenvalue weighted by molar-refractivity contribution is 5.94. The lowest BCUT2D eigenvalue weighted by Crippen LogP contribution is -2.47. The topological polar surface area (TPSA) is 70.6 Å². The van der Waals surface area contributed by atoms with Gasteiger partial charge in [-0.2, -0.15) is 0 Å². The van der Waals surface area contributed by atoms with Gasteiger partial charge in [-0.1, -0.05) is 30.3 Å². The maximum Gasteiger partial charge on any atom is 0.251 e. The molecule has 1 fully saturated rings. The molecule has 1 saturated heterocycles. The van der Waals surface area contributed by atoms with E-state index in [4.69, 9.17) is 4.74 Å². The van der Waals surface area contributed by atoms with Crippen molar-refractivity contribution in [2.75, 3.05) is 13.1 Å². The Labute approximate surface area is 148 Å². The van der Waals surface area contributed by atoms with Crippen LogP contribution in [0.1, 0.15) is 28.8 Å². The number of aliphatic hydroxyl groups is 1. The van der Waals surface area contributed by atoms with Crippen LogP contribution in [0.15, 0.2) is 54.6 Å². The van der Waals surface area contributed by atoms with Crippen LogP contribution in [-0.4, -0.2) is 36.2 Å². The van der Waals surface area contributed by atoms with Crippen LogP contribution in [-0.2, 0) is 6.61 Å². The van der Waals surface area contributed by atoms with Gasteiger partial charge < -0.3 is 20.5 Å². The first-order chi connectivity index (χ1) is 12.2. The summed E-state index contributed by atoms with van der Waals surface area (Å²) in [6, 6.07) is 16.7. The molecule has 0 radical (unpaired) electrons. The van der Waals surface area contributed by atoms with Crippen LogP contribution in [0.2, 0.25) is 0 Å². The van der Waals surface area contributed by atoms with Crippen molar-refractivity contribution in [3.05, 3.63) is 65.7 Å². The number of aliphatic hydroxyl groups excluding tert-OH is 1. The Morgan fingerprint density at radius 2 is 1.92 bits per heavy atom. The van der Waals surface area contributed by atoms with Gasteiger partial charge in [0.05, 0.1) is 12.1 Å². The first kappa shape index (κ1) is 17.5. The molecule has 132 valence electrons. The van der Waals surface area contributed by atoms with Gasteiger partial charge in [-0.05, 0) is 49.2 Å². The van der Waals surface area contributed by atoms with Gasteiger partial charge in [-0.15, -0.1) is 0 Å². The zero-order chi connectivity index (χ0) is 17.5. The van der Waals surface area contributed by atoms with E-state index in [-0.39, 0.29) is 11.9 Å². The predicted octanol–water partition coefficient (Wildman–Crippen LogP) is 2.11. The molecular formula is C20H24N2O3. The Morgan fingerprint density at radius 1 is 1.16 bits per heavy atom. The van der Waals surface area contributed by atoms with Gasteiger partial charge in [0.25, 0.3) is 5.91 Å². The van der Waals surface area contributed by atoms with Crippen LogP contribution < -0.4 is 15.4 Å². The average molecular weight is 340 g/mol. The van der Waals surface area contributed by atoms with Gasteiger partial charge in [-0.25, -0.2) is 0 Å². The summed E-state index contributed by atoms with van der Waals surface area (Å²) in [6.07, 6.45) is 1.11. The van der Waals surface area contributed by atoms with E-state index in [1.54, 1.807) is 24.3 Å². The first-order valence-electron chi connectivity index (χ1n) is 8.69. The minimum absolute atomic E-state index is 0.178. The molecule has 2 atom stereocenters. The Morgan fingerprint density at radius 3 is 2.68 bits per heavy atom. The SMILES string of the molecule is O=C(N[C@@H]1CNCCC[C@H]1O)c1ccc(OCc2ccccc2)cc1. The highest BCUT2D eigenvalue weighted by Crippen LogP contribution is 2.15. The Balaban J connectivity index is 1.55. The van der Waals surface area contributed by atoms with Crippen molar-refractivity contribution in [2.45, 2.75) is 31.6 Å². The van der Waals surface area contributed by atoms with E-state index in [2.05, 4.69) is 10.6 Å². The van der Waals surface area contributed by atoms with Crippen LogP contribution in [0.25, 0.3) is 0 Å². The number of amides is 1. The maximum absolute atomic E-state index is 12.4. The zero-order valence-corrected chi connectivity index (χ0v) is 14.2. The molecular weight excluding hydrogens is 316 g/mol. The Bertz CT molecular complexity index is 673. The molecule has 0 aliphatic carbocycles. The van der Waals surface area contributed by atoms with Crippen LogP contribution in [0.5, 0.6) is 5.75 Å². The van der Waals surface area contributed by atoms with Crippen molar-refractivity contribution in [2.24, 2.45) is 0 Å². The summed E-state index contributed by atoms with van der Waals surface area (Å²) in [7, 11) is 0. The van der Waals surface area contributed by atoms with Gasteiger partial charge in [0.15, 0.2) is 0 Å². The van der Waals surface area contributed by atoms with E-state index in [9.17, 15) is 9.90 Å². The van der Waals surface area contributed by atoms with Gasteiger partial charge in [-0.3, -0.25) is 4.79 Å². The largest absolute Gasteiger partial charge is 0.489 e. The van der Waals surface area contributed by atoms with Crippen molar-refractivity contribution in [3.63, 3.8) is 0 Å². The molecule has 2 aromatic rings. The van der Waals surface area contributed by atoms with Crippen LogP contribution in [0.3, 0.4) is 0 Å². The van der Waals surface area contributed by atoms with E-state index < -0.39 is 6.10 Å². The molecule has 0 aromatic heterocycles. The second kappa shape index (κ2) is 8.65. The second-order valence-electron chi connectivity index (χ2n) is 6.29. The fraction of sp³-hybridized carbons (Fsp3) is 0.350. The molecule has 2 aromatic carbocycles. The van der Waals surface area contributed by atoms with Gasteiger partial charge >= 0.3 is 0 Å². The lowest BCUT2D eigenvalue weighted by atomic mass is 10.1. The lowest BCUT2D eigenvalue weighted by Gasteiger charge is -2.21. The van der Waals surface area contributed by atoms with Gasteiger partial charge in [0.2, 0.25) is 0 Å². The van der Waals surface area contributed by atoms with E-state index in [1.807, 2.05) is 30.3 Å². The van der Waals surface area contributed by atoms with E-state index in [0.29, 0.717) is 25.1 Å². The normalized spacial score (nSPS) is 20.5. The Hall–Kier alpha value is -2.37. The summed E-state index contributed by atoms with van der Waals surface area (Å²) in [5, 5.41) is 16.2. The molecule has 1 heterocycles. The summed E-state index contributed by atoms with van der Waals surface area (Å²) >= 11 is 0. The highest BCUT2D eigenvalue weighted by Gasteiger charge is 2.23. The van der Waals surface area contributed by atoms with E-state index in [1.165, 1.54) is 0 Å². The zero-order valence-electron chi connectivity index (χ0n) is 14.2. The van der Waals surface area contributed by atoms with Crippen molar-refractivity contribution in [1.82, 2.24) is 10.6 Å². The predicted molar refractivity (Wildman–Crippen MR) is 96.6 cm³/mol. The molecule has 0 bridgehead atoms. The standard InChI is InChI=1S/C20H24N2O3/c23-19-7-4-12-21-13-18(19)22-20(24)16-8-10-17(11-9-16)25-14-15-5-2-1-3-6-15/h1-3,5-6,8-11,18-19,21,23H,4,7,12-14H2,(H,22,24)/t18-,19-/m1/s1. The number of benzene rings is 2. The molecule has 3 N–H and O–H groups in total. The molecule has 0 spiro atoms. The molecule has 5 nitrogen and oxygen atoms in total. The summed E-state index contributed by atoms with van der Waals surface area (Å²) < 4.78 is 5.73. The lowest BCUT2D eigenvalue weighted by molar-refractivity contribution is 0.0832. The molecule has 25 heavy (non-hydrogen) atoms. The third-order valence-corrected chi connectivity index (χ3v) is 4.36. The first-order valence-corrected chi connectivity index (χ1v) is 8.69. The quantitative estimate of drug-likeness (QED) is 0.780. The van der Waals surface area contributed by atoms with E-state index >= 15 is 0 Å². The average Bonchev–Trinajstić information content (AvgIpc) is 2.86. The fourth-order valence-corrected chi connectivity index (χ4v) is 2.87. The van der Waals surface area contributed by atoms with Crippen LogP contribution in [0.4, 0.5) is 0 Å². The number of nitrogens with one attached hydrogen (secondary N) is 2. The smallest absolute Gasteiger partial charge is 0.251 e. The monoisotopic (exact) mass is 340 g/mol. The molecule has 1 aliphatic rings. The fourth-order valence-electron chi connectivity index (χ4n) is 2.87. The number of hydrogen-bond donors (Lipinski definition) is 3. The number of rotatable bonds is 5.